The summed E-state index contributed by atoms with van der Waals surface area (Å²) in [6.07, 6.45) is 2.37. The Hall–Kier alpha value is -1.57. The topological polar surface area (TPSA) is 57.3 Å². The first-order valence-electron chi connectivity index (χ1n) is 6.02. The average Bonchev–Trinajstić information content (AvgIpc) is 2.82. The average molecular weight is 265 g/mol. The maximum absolute atomic E-state index is 11.9. The normalized spacial score (nSPS) is 15.3. The fraction of sp³-hybridized carbons (Fsp3) is 0.385. The summed E-state index contributed by atoms with van der Waals surface area (Å²) < 4.78 is 0. The van der Waals surface area contributed by atoms with Crippen molar-refractivity contribution in [2.45, 2.75) is 12.8 Å². The van der Waals surface area contributed by atoms with Gasteiger partial charge in [0.1, 0.15) is 6.07 Å². The van der Waals surface area contributed by atoms with Gasteiger partial charge in [0, 0.05) is 17.9 Å². The highest BCUT2D eigenvalue weighted by Crippen LogP contribution is 2.20. The van der Waals surface area contributed by atoms with Gasteiger partial charge in [-0.15, -0.1) is 0 Å². The van der Waals surface area contributed by atoms with E-state index in [-0.39, 0.29) is 5.91 Å². The third-order valence-electron chi connectivity index (χ3n) is 3.10. The Bertz CT molecular complexity index is 489. The van der Waals surface area contributed by atoms with Crippen molar-refractivity contribution in [3.63, 3.8) is 0 Å². The Morgan fingerprint density at radius 1 is 1.44 bits per heavy atom. The highest BCUT2D eigenvalue weighted by molar-refractivity contribution is 6.31. The molecule has 0 spiro atoms. The number of carbonyl (C=O) groups excluding carboxylic acids is 1. The number of nitriles is 1. The quantitative estimate of drug-likeness (QED) is 0.850. The Balaban J connectivity index is 2.02. The highest BCUT2D eigenvalue weighted by Gasteiger charge is 2.19. The lowest BCUT2D eigenvalue weighted by Crippen LogP contribution is -3.11. The predicted molar refractivity (Wildman–Crippen MR) is 69.6 cm³/mol. The van der Waals surface area contributed by atoms with Crippen LogP contribution in [0.2, 0.25) is 5.02 Å². The number of rotatable bonds is 3. The van der Waals surface area contributed by atoms with Crippen LogP contribution in [0.4, 0.5) is 5.69 Å². The molecule has 18 heavy (non-hydrogen) atoms. The second-order valence-electron chi connectivity index (χ2n) is 4.48. The van der Waals surface area contributed by atoms with E-state index in [4.69, 9.17) is 16.9 Å². The first-order chi connectivity index (χ1) is 8.69. The predicted octanol–water partition coefficient (Wildman–Crippen LogP) is 0.829. The van der Waals surface area contributed by atoms with Crippen LogP contribution in [0.1, 0.15) is 18.4 Å². The van der Waals surface area contributed by atoms with Crippen LogP contribution in [0.5, 0.6) is 0 Å². The number of quaternary nitrogens is 1. The lowest BCUT2D eigenvalue weighted by molar-refractivity contribution is -0.878. The molecule has 94 valence electrons. The molecule has 0 aromatic heterocycles. The third-order valence-corrected chi connectivity index (χ3v) is 3.33. The van der Waals surface area contributed by atoms with Crippen LogP contribution in [-0.4, -0.2) is 25.5 Å². The molecule has 0 radical (unpaired) electrons. The van der Waals surface area contributed by atoms with Crippen LogP contribution in [0.3, 0.4) is 0 Å². The van der Waals surface area contributed by atoms with Gasteiger partial charge in [0.15, 0.2) is 6.54 Å². The van der Waals surface area contributed by atoms with Gasteiger partial charge in [-0.1, -0.05) is 11.6 Å². The van der Waals surface area contributed by atoms with E-state index >= 15 is 0 Å². The molecule has 0 saturated carbocycles. The minimum atomic E-state index is -0.0642. The Morgan fingerprint density at radius 2 is 2.17 bits per heavy atom. The molecular formula is C13H15ClN3O+. The van der Waals surface area contributed by atoms with Crippen molar-refractivity contribution in [3.05, 3.63) is 28.8 Å². The van der Waals surface area contributed by atoms with Gasteiger partial charge in [0.25, 0.3) is 5.91 Å². The molecule has 1 aromatic rings. The second kappa shape index (κ2) is 5.85. The highest BCUT2D eigenvalue weighted by atomic mass is 35.5. The Morgan fingerprint density at radius 3 is 2.83 bits per heavy atom. The van der Waals surface area contributed by atoms with Crippen LogP contribution in [0, 0.1) is 11.3 Å². The number of nitrogens with zero attached hydrogens (tertiary/aromatic N) is 1. The Kier molecular flexibility index (Phi) is 4.19. The van der Waals surface area contributed by atoms with Crippen molar-refractivity contribution in [3.8, 4) is 6.07 Å². The summed E-state index contributed by atoms with van der Waals surface area (Å²) in [5.74, 6) is -0.0642. The number of anilines is 1. The number of likely N-dealkylation sites (tertiary alicyclic amines) is 1. The third kappa shape index (κ3) is 3.22. The number of hydrogen-bond donors (Lipinski definition) is 2. The van der Waals surface area contributed by atoms with Crippen molar-refractivity contribution in [1.29, 1.82) is 5.26 Å². The van der Waals surface area contributed by atoms with Crippen molar-refractivity contribution in [2.75, 3.05) is 25.0 Å². The van der Waals surface area contributed by atoms with E-state index in [1.54, 1.807) is 18.2 Å². The lowest BCUT2D eigenvalue weighted by Gasteiger charge is -2.12. The zero-order valence-corrected chi connectivity index (χ0v) is 10.8. The molecule has 0 aliphatic carbocycles. The molecule has 2 rings (SSSR count). The number of benzene rings is 1. The molecule has 1 aromatic carbocycles. The maximum atomic E-state index is 11.9. The van der Waals surface area contributed by atoms with Gasteiger partial charge in [-0.3, -0.25) is 4.79 Å². The maximum Gasteiger partial charge on any atom is 0.279 e. The lowest BCUT2D eigenvalue weighted by atomic mass is 10.2. The van der Waals surface area contributed by atoms with Gasteiger partial charge >= 0.3 is 0 Å². The molecule has 1 heterocycles. The van der Waals surface area contributed by atoms with Gasteiger partial charge in [0.2, 0.25) is 0 Å². The van der Waals surface area contributed by atoms with E-state index in [1.807, 2.05) is 6.07 Å². The summed E-state index contributed by atoms with van der Waals surface area (Å²) in [6, 6.07) is 6.90. The summed E-state index contributed by atoms with van der Waals surface area (Å²) in [7, 11) is 0. The first-order valence-corrected chi connectivity index (χ1v) is 6.40. The van der Waals surface area contributed by atoms with E-state index in [0.717, 1.165) is 13.1 Å². The smallest absolute Gasteiger partial charge is 0.279 e. The Labute approximate surface area is 111 Å². The standard InChI is InChI=1S/C13H14ClN3O/c14-11-4-3-10(8-15)12(7-11)16-13(18)9-17-5-1-2-6-17/h3-4,7H,1-2,5-6,9H2,(H,16,18)/p+1. The fourth-order valence-electron chi connectivity index (χ4n) is 2.19. The minimum Gasteiger partial charge on any atom is -0.327 e. The van der Waals surface area contributed by atoms with Crippen LogP contribution >= 0.6 is 11.6 Å². The van der Waals surface area contributed by atoms with E-state index in [2.05, 4.69) is 5.32 Å². The van der Waals surface area contributed by atoms with Crippen LogP contribution in [0.25, 0.3) is 0 Å². The van der Waals surface area contributed by atoms with Crippen molar-refractivity contribution in [1.82, 2.24) is 0 Å². The summed E-state index contributed by atoms with van der Waals surface area (Å²) in [6.45, 7) is 2.56. The largest absolute Gasteiger partial charge is 0.327 e. The van der Waals surface area contributed by atoms with Crippen LogP contribution in [0.15, 0.2) is 18.2 Å². The van der Waals surface area contributed by atoms with Crippen molar-refractivity contribution < 1.29 is 9.69 Å². The van der Waals surface area contributed by atoms with Crippen molar-refractivity contribution >= 4 is 23.2 Å². The first kappa shape index (κ1) is 12.9. The molecule has 1 aliphatic heterocycles. The zero-order chi connectivity index (χ0) is 13.0. The number of carbonyl (C=O) groups is 1. The van der Waals surface area contributed by atoms with Gasteiger partial charge < -0.3 is 10.2 Å². The summed E-state index contributed by atoms with van der Waals surface area (Å²) in [4.78, 5) is 13.2. The molecule has 0 bridgehead atoms. The molecule has 1 fully saturated rings. The van der Waals surface area contributed by atoms with Gasteiger partial charge in [-0.2, -0.15) is 5.26 Å². The number of nitrogens with one attached hydrogen (secondary N) is 2. The van der Waals surface area contributed by atoms with Gasteiger partial charge in [0.05, 0.1) is 24.3 Å². The molecular weight excluding hydrogens is 250 g/mol. The van der Waals surface area contributed by atoms with Crippen LogP contribution < -0.4 is 10.2 Å². The van der Waals surface area contributed by atoms with Crippen LogP contribution in [-0.2, 0) is 4.79 Å². The molecule has 0 atom stereocenters. The van der Waals surface area contributed by atoms with E-state index in [9.17, 15) is 4.79 Å². The van der Waals surface area contributed by atoms with Gasteiger partial charge in [-0.05, 0) is 18.2 Å². The molecule has 0 unspecified atom stereocenters. The molecule has 1 aliphatic rings. The molecule has 4 nitrogen and oxygen atoms in total. The van der Waals surface area contributed by atoms with E-state index in [1.165, 1.54) is 17.7 Å². The number of amides is 1. The molecule has 1 saturated heterocycles. The summed E-state index contributed by atoms with van der Waals surface area (Å²) in [5, 5.41) is 12.2. The SMILES string of the molecule is N#Cc1ccc(Cl)cc1NC(=O)C[NH+]1CCCC1. The number of hydrogen-bond acceptors (Lipinski definition) is 2. The minimum absolute atomic E-state index is 0.0642. The van der Waals surface area contributed by atoms with E-state index < -0.39 is 0 Å². The van der Waals surface area contributed by atoms with Crippen molar-refractivity contribution in [2.24, 2.45) is 0 Å². The number of halogens is 1. The second-order valence-corrected chi connectivity index (χ2v) is 4.92. The molecule has 5 heteroatoms. The summed E-state index contributed by atoms with van der Waals surface area (Å²) >= 11 is 5.86. The zero-order valence-electron chi connectivity index (χ0n) is 10.0. The summed E-state index contributed by atoms with van der Waals surface area (Å²) in [5.41, 5.74) is 0.928. The van der Waals surface area contributed by atoms with Gasteiger partial charge in [-0.25, -0.2) is 0 Å². The molecule has 2 N–H and O–H groups in total. The molecule has 1 amide bonds. The fourth-order valence-corrected chi connectivity index (χ4v) is 2.36. The van der Waals surface area contributed by atoms with E-state index in [0.29, 0.717) is 22.8 Å². The monoisotopic (exact) mass is 264 g/mol.